The lowest BCUT2D eigenvalue weighted by Gasteiger charge is -2.25. The van der Waals surface area contributed by atoms with Crippen molar-refractivity contribution in [3.8, 4) is 11.3 Å². The van der Waals surface area contributed by atoms with E-state index in [1.165, 1.54) is 6.07 Å². The molecule has 0 unspecified atom stereocenters. The molecule has 1 N–H and O–H groups in total. The summed E-state index contributed by atoms with van der Waals surface area (Å²) in [6.45, 7) is 6.01. The number of nitrogens with one attached hydrogen (secondary N) is 1. The predicted molar refractivity (Wildman–Crippen MR) is 112 cm³/mol. The fourth-order valence-corrected chi connectivity index (χ4v) is 3.46. The normalized spacial score (nSPS) is 11.8. The molecule has 0 aliphatic heterocycles. The van der Waals surface area contributed by atoms with Crippen LogP contribution in [0.15, 0.2) is 48.8 Å². The molecule has 0 aliphatic carbocycles. The number of hydrogen-bond donors (Lipinski definition) is 1. The first-order valence-corrected chi connectivity index (χ1v) is 9.65. The predicted octanol–water partition coefficient (Wildman–Crippen LogP) is 3.28. The zero-order valence-corrected chi connectivity index (χ0v) is 17.3. The molecule has 1 amide bonds. The Morgan fingerprint density at radius 3 is 2.70 bits per heavy atom. The number of aryl methyl sites for hydroxylation is 1. The molecule has 0 radical (unpaired) electrons. The Morgan fingerprint density at radius 1 is 1.23 bits per heavy atom. The van der Waals surface area contributed by atoms with E-state index in [-0.39, 0.29) is 24.0 Å². The molecule has 4 rings (SSSR count). The summed E-state index contributed by atoms with van der Waals surface area (Å²) < 4.78 is 17.6. The summed E-state index contributed by atoms with van der Waals surface area (Å²) in [7, 11) is 1.87. The molecule has 30 heavy (non-hydrogen) atoms. The van der Waals surface area contributed by atoms with Crippen LogP contribution in [-0.4, -0.2) is 36.8 Å². The van der Waals surface area contributed by atoms with Gasteiger partial charge in [0.1, 0.15) is 5.82 Å². The molecule has 8 heteroatoms. The van der Waals surface area contributed by atoms with Crippen LogP contribution in [0.1, 0.15) is 35.6 Å². The van der Waals surface area contributed by atoms with E-state index in [0.29, 0.717) is 11.2 Å². The smallest absolute Gasteiger partial charge is 0.271 e. The fourth-order valence-electron chi connectivity index (χ4n) is 3.46. The van der Waals surface area contributed by atoms with E-state index in [2.05, 4.69) is 20.5 Å². The number of benzene rings is 1. The number of fused-ring (bicyclic) bond motifs is 1. The SMILES string of the molecule is Cc1c(-c2ccnc3cc(C(=O)NCC(C)(C)c4ccccc4F)nn23)cnn1C. The first-order valence-electron chi connectivity index (χ1n) is 9.65. The minimum atomic E-state index is -0.573. The molecule has 4 aromatic rings. The molecule has 0 fully saturated rings. The van der Waals surface area contributed by atoms with E-state index in [1.54, 1.807) is 45.9 Å². The maximum Gasteiger partial charge on any atom is 0.271 e. The van der Waals surface area contributed by atoms with E-state index >= 15 is 0 Å². The lowest BCUT2D eigenvalue weighted by molar-refractivity contribution is 0.0940. The Kier molecular flexibility index (Phi) is 4.85. The molecule has 1 aromatic carbocycles. The van der Waals surface area contributed by atoms with E-state index < -0.39 is 5.41 Å². The number of rotatable bonds is 5. The third-order valence-electron chi connectivity index (χ3n) is 5.40. The van der Waals surface area contributed by atoms with Gasteiger partial charge in [0.15, 0.2) is 11.3 Å². The van der Waals surface area contributed by atoms with Gasteiger partial charge in [-0.05, 0) is 24.6 Å². The number of amides is 1. The van der Waals surface area contributed by atoms with Crippen LogP contribution in [0.3, 0.4) is 0 Å². The van der Waals surface area contributed by atoms with E-state index in [4.69, 9.17) is 0 Å². The van der Waals surface area contributed by atoms with E-state index in [9.17, 15) is 9.18 Å². The Morgan fingerprint density at radius 2 is 2.00 bits per heavy atom. The number of halogens is 1. The minimum Gasteiger partial charge on any atom is -0.350 e. The molecule has 3 aromatic heterocycles. The largest absolute Gasteiger partial charge is 0.350 e. The van der Waals surface area contributed by atoms with Gasteiger partial charge in [-0.25, -0.2) is 13.9 Å². The lowest BCUT2D eigenvalue weighted by atomic mass is 9.84. The maximum absolute atomic E-state index is 14.2. The van der Waals surface area contributed by atoms with Gasteiger partial charge in [0, 0.05) is 42.5 Å². The van der Waals surface area contributed by atoms with Crippen molar-refractivity contribution in [1.82, 2.24) is 29.7 Å². The topological polar surface area (TPSA) is 77.1 Å². The van der Waals surface area contributed by atoms with Gasteiger partial charge in [-0.3, -0.25) is 9.48 Å². The highest BCUT2D eigenvalue weighted by Crippen LogP contribution is 2.25. The van der Waals surface area contributed by atoms with Gasteiger partial charge in [0.05, 0.1) is 11.9 Å². The molecule has 0 bridgehead atoms. The Balaban J connectivity index is 1.59. The van der Waals surface area contributed by atoms with Crippen LogP contribution < -0.4 is 5.32 Å². The highest BCUT2D eigenvalue weighted by atomic mass is 19.1. The summed E-state index contributed by atoms with van der Waals surface area (Å²) in [5, 5.41) is 11.6. The van der Waals surface area contributed by atoms with Gasteiger partial charge in [0.2, 0.25) is 0 Å². The molecule has 3 heterocycles. The fraction of sp³-hybridized carbons (Fsp3) is 0.273. The van der Waals surface area contributed by atoms with Crippen LogP contribution in [0, 0.1) is 12.7 Å². The molecule has 7 nitrogen and oxygen atoms in total. The minimum absolute atomic E-state index is 0.251. The van der Waals surface area contributed by atoms with Gasteiger partial charge < -0.3 is 5.32 Å². The van der Waals surface area contributed by atoms with Gasteiger partial charge in [-0.1, -0.05) is 32.0 Å². The second-order valence-electron chi connectivity index (χ2n) is 7.94. The van der Waals surface area contributed by atoms with Crippen molar-refractivity contribution < 1.29 is 9.18 Å². The van der Waals surface area contributed by atoms with Crippen LogP contribution in [-0.2, 0) is 12.5 Å². The number of carbonyl (C=O) groups is 1. The van der Waals surface area contributed by atoms with Crippen LogP contribution in [0.5, 0.6) is 0 Å². The quantitative estimate of drug-likeness (QED) is 0.552. The van der Waals surface area contributed by atoms with Crippen LogP contribution >= 0.6 is 0 Å². The lowest BCUT2D eigenvalue weighted by Crippen LogP contribution is -2.37. The van der Waals surface area contributed by atoms with Crippen LogP contribution in [0.25, 0.3) is 16.9 Å². The monoisotopic (exact) mass is 406 g/mol. The van der Waals surface area contributed by atoms with Crippen LogP contribution in [0.2, 0.25) is 0 Å². The maximum atomic E-state index is 14.2. The van der Waals surface area contributed by atoms with Crippen molar-refractivity contribution in [3.05, 3.63) is 71.6 Å². The molecule has 0 spiro atoms. The molecular formula is C22H23FN6O. The van der Waals surface area contributed by atoms with E-state index in [0.717, 1.165) is 17.0 Å². The summed E-state index contributed by atoms with van der Waals surface area (Å²) in [6, 6.07) is 10.1. The first-order chi connectivity index (χ1) is 14.3. The van der Waals surface area contributed by atoms with Crippen molar-refractivity contribution in [2.75, 3.05) is 6.54 Å². The summed E-state index contributed by atoms with van der Waals surface area (Å²) in [4.78, 5) is 17.1. The summed E-state index contributed by atoms with van der Waals surface area (Å²) in [5.74, 6) is -0.621. The third kappa shape index (κ3) is 3.45. The van der Waals surface area contributed by atoms with Crippen molar-refractivity contribution in [3.63, 3.8) is 0 Å². The average Bonchev–Trinajstić information content (AvgIpc) is 3.30. The van der Waals surface area contributed by atoms with Crippen molar-refractivity contribution in [1.29, 1.82) is 0 Å². The second-order valence-corrected chi connectivity index (χ2v) is 7.94. The summed E-state index contributed by atoms with van der Waals surface area (Å²) in [5.41, 5.74) is 3.50. The van der Waals surface area contributed by atoms with Gasteiger partial charge in [0.25, 0.3) is 5.91 Å². The zero-order chi connectivity index (χ0) is 21.5. The average molecular weight is 406 g/mol. The van der Waals surface area contributed by atoms with Crippen molar-refractivity contribution in [2.24, 2.45) is 7.05 Å². The highest BCUT2D eigenvalue weighted by molar-refractivity contribution is 5.93. The standard InChI is InChI=1S/C22H23FN6O/c1-14-15(12-26-28(14)4)19-9-10-24-20-11-18(27-29(19)20)21(30)25-13-22(2,3)16-7-5-6-8-17(16)23/h5-12H,13H2,1-4H3,(H,25,30). The van der Waals surface area contributed by atoms with Crippen molar-refractivity contribution >= 4 is 11.6 Å². The Labute approximate surface area is 173 Å². The van der Waals surface area contributed by atoms with Gasteiger partial charge in [-0.15, -0.1) is 0 Å². The van der Waals surface area contributed by atoms with Crippen molar-refractivity contribution in [2.45, 2.75) is 26.2 Å². The highest BCUT2D eigenvalue weighted by Gasteiger charge is 2.25. The third-order valence-corrected chi connectivity index (χ3v) is 5.40. The number of hydrogen-bond acceptors (Lipinski definition) is 4. The van der Waals surface area contributed by atoms with Crippen LogP contribution in [0.4, 0.5) is 4.39 Å². The second kappa shape index (κ2) is 7.37. The number of aromatic nitrogens is 5. The number of nitrogens with zero attached hydrogens (tertiary/aromatic N) is 5. The van der Waals surface area contributed by atoms with Gasteiger partial charge in [-0.2, -0.15) is 10.2 Å². The molecule has 0 saturated carbocycles. The van der Waals surface area contributed by atoms with E-state index in [1.807, 2.05) is 33.9 Å². The molecule has 0 saturated heterocycles. The molecule has 0 atom stereocenters. The number of carbonyl (C=O) groups excluding carboxylic acids is 1. The molecular weight excluding hydrogens is 383 g/mol. The summed E-state index contributed by atoms with van der Waals surface area (Å²) in [6.07, 6.45) is 3.45. The zero-order valence-electron chi connectivity index (χ0n) is 17.3. The molecule has 0 aliphatic rings. The van der Waals surface area contributed by atoms with Gasteiger partial charge >= 0.3 is 0 Å². The molecule has 154 valence electrons. The Bertz CT molecular complexity index is 1240. The first kappa shape index (κ1) is 19.8. The summed E-state index contributed by atoms with van der Waals surface area (Å²) >= 11 is 0. The Hall–Kier alpha value is -3.55.